The first-order valence-corrected chi connectivity index (χ1v) is 8.68. The van der Waals surface area contributed by atoms with E-state index in [4.69, 9.17) is 9.15 Å². The van der Waals surface area contributed by atoms with Crippen molar-refractivity contribution in [2.75, 3.05) is 6.61 Å². The summed E-state index contributed by atoms with van der Waals surface area (Å²) in [7, 11) is 0. The molecule has 0 fully saturated rings. The fourth-order valence-corrected chi connectivity index (χ4v) is 3.38. The molecule has 0 bridgehead atoms. The zero-order valence-corrected chi connectivity index (χ0v) is 14.5. The summed E-state index contributed by atoms with van der Waals surface area (Å²) in [5.74, 6) is 0.306. The number of fused-ring (bicyclic) bond motifs is 1. The number of para-hydroxylation sites is 1. The lowest BCUT2D eigenvalue weighted by molar-refractivity contribution is 0.0491. The van der Waals surface area contributed by atoms with Crippen molar-refractivity contribution in [3.8, 4) is 0 Å². The van der Waals surface area contributed by atoms with E-state index in [1.807, 2.05) is 38.1 Å². The molecule has 0 aliphatic carbocycles. The van der Waals surface area contributed by atoms with Gasteiger partial charge in [0.2, 0.25) is 10.9 Å². The Morgan fingerprint density at radius 3 is 2.92 bits per heavy atom. The van der Waals surface area contributed by atoms with E-state index in [1.165, 1.54) is 11.8 Å². The minimum atomic E-state index is -0.451. The van der Waals surface area contributed by atoms with Crippen LogP contribution < -0.4 is 0 Å². The molecular formula is C16H18N4O3S. The van der Waals surface area contributed by atoms with Gasteiger partial charge in [0.15, 0.2) is 0 Å². The minimum absolute atomic E-state index is 0.160. The molecule has 0 amide bonds. The third kappa shape index (κ3) is 3.14. The second kappa shape index (κ2) is 7.04. The van der Waals surface area contributed by atoms with Crippen molar-refractivity contribution in [3.05, 3.63) is 35.6 Å². The van der Waals surface area contributed by atoms with E-state index in [1.54, 1.807) is 11.6 Å². The maximum atomic E-state index is 12.2. The number of tetrazole rings is 1. The van der Waals surface area contributed by atoms with E-state index in [9.17, 15) is 4.79 Å². The van der Waals surface area contributed by atoms with Crippen molar-refractivity contribution in [2.24, 2.45) is 0 Å². The molecule has 3 rings (SSSR count). The summed E-state index contributed by atoms with van der Waals surface area (Å²) in [6, 6.07) is 7.72. The molecule has 3 aromatic rings. The van der Waals surface area contributed by atoms with Gasteiger partial charge in [0.1, 0.15) is 5.58 Å². The van der Waals surface area contributed by atoms with Gasteiger partial charge >= 0.3 is 5.97 Å². The van der Waals surface area contributed by atoms with Crippen LogP contribution in [0.5, 0.6) is 0 Å². The van der Waals surface area contributed by atoms with E-state index >= 15 is 0 Å². The van der Waals surface area contributed by atoms with Crippen LogP contribution in [0.4, 0.5) is 0 Å². The Morgan fingerprint density at radius 1 is 1.38 bits per heavy atom. The summed E-state index contributed by atoms with van der Waals surface area (Å²) in [5, 5.41) is 13.3. The van der Waals surface area contributed by atoms with Gasteiger partial charge in [0.25, 0.3) is 0 Å². The highest BCUT2D eigenvalue weighted by Crippen LogP contribution is 2.32. The molecule has 7 nitrogen and oxygen atoms in total. The Hall–Kier alpha value is -2.35. The van der Waals surface area contributed by atoms with E-state index in [-0.39, 0.29) is 11.8 Å². The lowest BCUT2D eigenvalue weighted by Crippen LogP contribution is -2.07. The van der Waals surface area contributed by atoms with Crippen LogP contribution in [0.15, 0.2) is 33.8 Å². The van der Waals surface area contributed by atoms with Gasteiger partial charge in [-0.3, -0.25) is 0 Å². The van der Waals surface area contributed by atoms with E-state index < -0.39 is 5.97 Å². The number of benzene rings is 1. The zero-order chi connectivity index (χ0) is 17.1. The van der Waals surface area contributed by atoms with Crippen molar-refractivity contribution < 1.29 is 13.9 Å². The van der Waals surface area contributed by atoms with Crippen LogP contribution in [0.1, 0.15) is 42.9 Å². The molecular weight excluding hydrogens is 328 g/mol. The molecule has 1 aromatic carbocycles. The summed E-state index contributed by atoms with van der Waals surface area (Å²) in [6.07, 6.45) is 0. The number of carbonyl (C=O) groups excluding carboxylic acids is 1. The predicted octanol–water partition coefficient (Wildman–Crippen LogP) is 3.47. The number of esters is 1. The largest absolute Gasteiger partial charge is 0.460 e. The number of hydrogen-bond donors (Lipinski definition) is 0. The van der Waals surface area contributed by atoms with Gasteiger partial charge in [-0.25, -0.2) is 9.48 Å². The maximum absolute atomic E-state index is 12.2. The van der Waals surface area contributed by atoms with Crippen LogP contribution in [0.25, 0.3) is 11.0 Å². The molecule has 2 aromatic heterocycles. The number of rotatable bonds is 6. The van der Waals surface area contributed by atoms with Gasteiger partial charge in [-0.05, 0) is 37.3 Å². The Morgan fingerprint density at radius 2 is 2.17 bits per heavy atom. The highest BCUT2D eigenvalue weighted by Gasteiger charge is 2.22. The number of hydrogen-bond acceptors (Lipinski definition) is 7. The molecule has 0 unspecified atom stereocenters. The normalized spacial score (nSPS) is 11.3. The molecule has 8 heteroatoms. The van der Waals surface area contributed by atoms with Gasteiger partial charge in [-0.1, -0.05) is 30.0 Å². The smallest absolute Gasteiger partial charge is 0.374 e. The van der Waals surface area contributed by atoms with Crippen molar-refractivity contribution in [1.29, 1.82) is 0 Å². The Bertz CT molecular complexity index is 856. The lowest BCUT2D eigenvalue weighted by Gasteiger charge is -2.07. The first-order valence-electron chi connectivity index (χ1n) is 7.70. The van der Waals surface area contributed by atoms with Crippen molar-refractivity contribution in [2.45, 2.75) is 37.7 Å². The molecule has 0 aliphatic heterocycles. The third-order valence-electron chi connectivity index (χ3n) is 3.46. The molecule has 24 heavy (non-hydrogen) atoms. The molecule has 0 radical (unpaired) electrons. The standard InChI is InChI=1S/C16H18N4O3S/c1-4-22-15(21)14-12(11-7-5-6-8-13(11)23-14)9-24-16-17-18-19-20(16)10(2)3/h5-8,10H,4,9H2,1-3H3. The highest BCUT2D eigenvalue weighted by atomic mass is 32.2. The molecule has 0 saturated carbocycles. The van der Waals surface area contributed by atoms with E-state index in [2.05, 4.69) is 15.5 Å². The van der Waals surface area contributed by atoms with E-state index in [0.717, 1.165) is 10.9 Å². The van der Waals surface area contributed by atoms with Crippen LogP contribution in [0.2, 0.25) is 0 Å². The second-order valence-corrected chi connectivity index (χ2v) is 6.36. The fraction of sp³-hybridized carbons (Fsp3) is 0.375. The van der Waals surface area contributed by atoms with Gasteiger partial charge < -0.3 is 9.15 Å². The maximum Gasteiger partial charge on any atom is 0.374 e. The number of nitrogens with zero attached hydrogens (tertiary/aromatic N) is 4. The molecule has 2 heterocycles. The van der Waals surface area contributed by atoms with Crippen molar-refractivity contribution in [3.63, 3.8) is 0 Å². The quantitative estimate of drug-likeness (QED) is 0.499. The van der Waals surface area contributed by atoms with Crippen LogP contribution >= 0.6 is 11.8 Å². The monoisotopic (exact) mass is 346 g/mol. The summed E-state index contributed by atoms with van der Waals surface area (Å²) < 4.78 is 12.6. The minimum Gasteiger partial charge on any atom is -0.460 e. The van der Waals surface area contributed by atoms with Gasteiger partial charge in [-0.2, -0.15) is 0 Å². The molecule has 0 N–H and O–H groups in total. The number of aromatic nitrogens is 4. The predicted molar refractivity (Wildman–Crippen MR) is 89.9 cm³/mol. The number of ether oxygens (including phenoxy) is 1. The Labute approximate surface area is 143 Å². The Kier molecular flexibility index (Phi) is 4.84. The van der Waals surface area contributed by atoms with Gasteiger partial charge in [-0.15, -0.1) is 5.10 Å². The van der Waals surface area contributed by atoms with Crippen LogP contribution in [-0.4, -0.2) is 32.8 Å². The van der Waals surface area contributed by atoms with Crippen molar-refractivity contribution in [1.82, 2.24) is 20.2 Å². The van der Waals surface area contributed by atoms with Gasteiger partial charge in [0, 0.05) is 16.7 Å². The van der Waals surface area contributed by atoms with Gasteiger partial charge in [0.05, 0.1) is 12.6 Å². The highest BCUT2D eigenvalue weighted by molar-refractivity contribution is 7.98. The summed E-state index contributed by atoms with van der Waals surface area (Å²) in [5.41, 5.74) is 1.46. The summed E-state index contributed by atoms with van der Waals surface area (Å²) in [6.45, 7) is 6.09. The van der Waals surface area contributed by atoms with Crippen LogP contribution in [-0.2, 0) is 10.5 Å². The van der Waals surface area contributed by atoms with Crippen LogP contribution in [0, 0.1) is 0 Å². The molecule has 0 atom stereocenters. The van der Waals surface area contributed by atoms with Crippen LogP contribution in [0.3, 0.4) is 0 Å². The van der Waals surface area contributed by atoms with Crippen molar-refractivity contribution >= 4 is 28.7 Å². The lowest BCUT2D eigenvalue weighted by atomic mass is 10.1. The Balaban J connectivity index is 1.94. The average Bonchev–Trinajstić information content (AvgIpc) is 3.17. The zero-order valence-electron chi connectivity index (χ0n) is 13.7. The average molecular weight is 346 g/mol. The molecule has 126 valence electrons. The molecule has 0 saturated heterocycles. The summed E-state index contributed by atoms with van der Waals surface area (Å²) >= 11 is 1.46. The van der Waals surface area contributed by atoms with E-state index in [0.29, 0.717) is 23.1 Å². The third-order valence-corrected chi connectivity index (χ3v) is 4.42. The second-order valence-electron chi connectivity index (χ2n) is 5.41. The molecule has 0 spiro atoms. The first-order chi connectivity index (χ1) is 11.6. The molecule has 0 aliphatic rings. The first kappa shape index (κ1) is 16.5. The number of carbonyl (C=O) groups is 1. The number of thioether (sulfide) groups is 1. The SMILES string of the molecule is CCOC(=O)c1oc2ccccc2c1CSc1nnnn1C(C)C. The topological polar surface area (TPSA) is 83.0 Å². The fourth-order valence-electron chi connectivity index (χ4n) is 2.34. The number of furan rings is 1. The summed E-state index contributed by atoms with van der Waals surface area (Å²) in [4.78, 5) is 12.2.